The van der Waals surface area contributed by atoms with Gasteiger partial charge in [0.1, 0.15) is 0 Å². The average Bonchev–Trinajstić information content (AvgIpc) is 2.29. The molecule has 0 saturated carbocycles. The van der Waals surface area contributed by atoms with Gasteiger partial charge in [0.15, 0.2) is 6.10 Å². The molecule has 0 amide bonds. The van der Waals surface area contributed by atoms with Gasteiger partial charge < -0.3 is 14.7 Å². The summed E-state index contributed by atoms with van der Waals surface area (Å²) < 4.78 is 5.15. The molecule has 1 fully saturated rings. The first-order valence-corrected chi connectivity index (χ1v) is 5.39. The molecule has 0 aliphatic carbocycles. The third-order valence-electron chi connectivity index (χ3n) is 2.52. The monoisotopic (exact) mass is 241 g/mol. The van der Waals surface area contributed by atoms with E-state index in [1.54, 1.807) is 6.07 Å². The van der Waals surface area contributed by atoms with Crippen molar-refractivity contribution in [2.75, 3.05) is 24.6 Å². The summed E-state index contributed by atoms with van der Waals surface area (Å²) in [5.41, 5.74) is 0.932. The second-order valence-electron chi connectivity index (χ2n) is 3.62. The fourth-order valence-corrected chi connectivity index (χ4v) is 1.89. The van der Waals surface area contributed by atoms with E-state index in [0.29, 0.717) is 24.7 Å². The van der Waals surface area contributed by atoms with E-state index in [2.05, 4.69) is 0 Å². The van der Waals surface area contributed by atoms with Gasteiger partial charge in [-0.1, -0.05) is 17.7 Å². The highest BCUT2D eigenvalue weighted by molar-refractivity contribution is 6.30. The zero-order valence-electron chi connectivity index (χ0n) is 8.60. The molecule has 1 atom stereocenters. The summed E-state index contributed by atoms with van der Waals surface area (Å²) in [6, 6.07) is 7.38. The molecule has 1 heterocycles. The number of rotatable bonds is 2. The van der Waals surface area contributed by atoms with E-state index >= 15 is 0 Å². The number of nitrogens with zero attached hydrogens (tertiary/aromatic N) is 1. The molecule has 1 aromatic carbocycles. The molecule has 0 bridgehead atoms. The smallest absolute Gasteiger partial charge is 0.334 e. The quantitative estimate of drug-likeness (QED) is 0.855. The average molecular weight is 242 g/mol. The van der Waals surface area contributed by atoms with Crippen molar-refractivity contribution in [2.24, 2.45) is 0 Å². The van der Waals surface area contributed by atoms with Crippen LogP contribution in [0.1, 0.15) is 0 Å². The zero-order valence-corrected chi connectivity index (χ0v) is 9.35. The summed E-state index contributed by atoms with van der Waals surface area (Å²) in [5.74, 6) is -0.924. The predicted octanol–water partition coefficient (Wildman–Crippen LogP) is 1.63. The summed E-state index contributed by atoms with van der Waals surface area (Å²) in [5, 5.41) is 9.53. The molecule has 86 valence electrons. The number of hydrogen-bond donors (Lipinski definition) is 1. The van der Waals surface area contributed by atoms with Crippen LogP contribution in [0.4, 0.5) is 5.69 Å². The van der Waals surface area contributed by atoms with Crippen molar-refractivity contribution < 1.29 is 14.6 Å². The van der Waals surface area contributed by atoms with Crippen molar-refractivity contribution in [3.63, 3.8) is 0 Å². The molecular weight excluding hydrogens is 230 g/mol. The molecule has 1 aliphatic rings. The Morgan fingerprint density at radius 2 is 2.38 bits per heavy atom. The van der Waals surface area contributed by atoms with Crippen LogP contribution in [-0.4, -0.2) is 36.9 Å². The normalized spacial score (nSPS) is 20.8. The van der Waals surface area contributed by atoms with Crippen LogP contribution in [0.15, 0.2) is 24.3 Å². The van der Waals surface area contributed by atoms with E-state index in [9.17, 15) is 4.79 Å². The van der Waals surface area contributed by atoms with Gasteiger partial charge in [-0.15, -0.1) is 0 Å². The standard InChI is InChI=1S/C11H12ClNO3/c12-8-2-1-3-9(6-8)13-4-5-16-10(7-13)11(14)15/h1-3,6,10H,4-5,7H2,(H,14,15). The second kappa shape index (κ2) is 4.72. The Morgan fingerprint density at radius 3 is 3.06 bits per heavy atom. The van der Waals surface area contributed by atoms with Crippen molar-refractivity contribution in [1.82, 2.24) is 0 Å². The Balaban J connectivity index is 2.12. The molecule has 1 unspecified atom stereocenters. The number of ether oxygens (including phenoxy) is 1. The number of hydrogen-bond acceptors (Lipinski definition) is 3. The van der Waals surface area contributed by atoms with Gasteiger partial charge in [0.2, 0.25) is 0 Å². The maximum atomic E-state index is 10.8. The van der Waals surface area contributed by atoms with Crippen molar-refractivity contribution in [1.29, 1.82) is 0 Å². The number of aliphatic carboxylic acids is 1. The van der Waals surface area contributed by atoms with Gasteiger partial charge in [0, 0.05) is 17.3 Å². The van der Waals surface area contributed by atoms with Gasteiger partial charge in [-0.25, -0.2) is 4.79 Å². The van der Waals surface area contributed by atoms with E-state index in [1.807, 2.05) is 23.1 Å². The molecule has 1 saturated heterocycles. The van der Waals surface area contributed by atoms with E-state index in [-0.39, 0.29) is 0 Å². The highest BCUT2D eigenvalue weighted by atomic mass is 35.5. The molecular formula is C11H12ClNO3. The third-order valence-corrected chi connectivity index (χ3v) is 2.75. The number of carboxylic acid groups (broad SMARTS) is 1. The van der Waals surface area contributed by atoms with E-state index in [0.717, 1.165) is 5.69 Å². The van der Waals surface area contributed by atoms with Crippen molar-refractivity contribution in [2.45, 2.75) is 6.10 Å². The summed E-state index contributed by atoms with van der Waals surface area (Å²) in [7, 11) is 0. The second-order valence-corrected chi connectivity index (χ2v) is 4.06. The van der Waals surface area contributed by atoms with E-state index in [4.69, 9.17) is 21.4 Å². The Labute approximate surface area is 98.4 Å². The molecule has 4 nitrogen and oxygen atoms in total. The molecule has 0 aromatic heterocycles. The molecule has 16 heavy (non-hydrogen) atoms. The van der Waals surface area contributed by atoms with E-state index < -0.39 is 12.1 Å². The van der Waals surface area contributed by atoms with Crippen molar-refractivity contribution in [3.8, 4) is 0 Å². The lowest BCUT2D eigenvalue weighted by molar-refractivity contribution is -0.150. The maximum Gasteiger partial charge on any atom is 0.334 e. The number of carboxylic acids is 1. The fourth-order valence-electron chi connectivity index (χ4n) is 1.71. The van der Waals surface area contributed by atoms with Crippen LogP contribution >= 0.6 is 11.6 Å². The Morgan fingerprint density at radius 1 is 1.56 bits per heavy atom. The van der Waals surface area contributed by atoms with Crippen LogP contribution in [0.2, 0.25) is 5.02 Å². The number of benzene rings is 1. The Kier molecular flexibility index (Phi) is 3.31. The fraction of sp³-hybridized carbons (Fsp3) is 0.364. The van der Waals surface area contributed by atoms with Crippen LogP contribution in [0.25, 0.3) is 0 Å². The summed E-state index contributed by atoms with van der Waals surface area (Å²) in [6.45, 7) is 1.46. The van der Waals surface area contributed by atoms with Gasteiger partial charge in [0.05, 0.1) is 13.2 Å². The minimum atomic E-state index is -0.924. The molecule has 0 radical (unpaired) electrons. The van der Waals surface area contributed by atoms with Gasteiger partial charge in [0.25, 0.3) is 0 Å². The van der Waals surface area contributed by atoms with Crippen LogP contribution in [0.5, 0.6) is 0 Å². The van der Waals surface area contributed by atoms with Crippen molar-refractivity contribution >= 4 is 23.3 Å². The number of carbonyl (C=O) groups is 1. The largest absolute Gasteiger partial charge is 0.479 e. The minimum absolute atomic E-state index is 0.357. The summed E-state index contributed by atoms with van der Waals surface area (Å²) >= 11 is 5.89. The lowest BCUT2D eigenvalue weighted by Gasteiger charge is -2.32. The molecule has 1 aliphatic heterocycles. The summed E-state index contributed by atoms with van der Waals surface area (Å²) in [6.07, 6.45) is -0.757. The number of halogens is 1. The summed E-state index contributed by atoms with van der Waals surface area (Å²) in [4.78, 5) is 12.8. The number of morpholine rings is 1. The third kappa shape index (κ3) is 2.46. The van der Waals surface area contributed by atoms with E-state index in [1.165, 1.54) is 0 Å². The van der Waals surface area contributed by atoms with Crippen LogP contribution in [0.3, 0.4) is 0 Å². The SMILES string of the molecule is O=C(O)C1CN(c2cccc(Cl)c2)CCO1. The molecule has 5 heteroatoms. The Hall–Kier alpha value is -1.26. The number of anilines is 1. The minimum Gasteiger partial charge on any atom is -0.479 e. The molecule has 0 spiro atoms. The first-order valence-electron chi connectivity index (χ1n) is 5.02. The van der Waals surface area contributed by atoms with Gasteiger partial charge >= 0.3 is 5.97 Å². The van der Waals surface area contributed by atoms with Gasteiger partial charge in [-0.3, -0.25) is 0 Å². The molecule has 1 aromatic rings. The first kappa shape index (κ1) is 11.2. The highest BCUT2D eigenvalue weighted by Gasteiger charge is 2.26. The zero-order chi connectivity index (χ0) is 11.5. The topological polar surface area (TPSA) is 49.8 Å². The predicted molar refractivity (Wildman–Crippen MR) is 61.0 cm³/mol. The van der Waals surface area contributed by atoms with Crippen LogP contribution < -0.4 is 4.90 Å². The highest BCUT2D eigenvalue weighted by Crippen LogP contribution is 2.21. The van der Waals surface area contributed by atoms with Crippen molar-refractivity contribution in [3.05, 3.63) is 29.3 Å². The Bertz CT molecular complexity index is 397. The molecule has 1 N–H and O–H groups in total. The first-order chi connectivity index (χ1) is 7.66. The van der Waals surface area contributed by atoms with Gasteiger partial charge in [-0.05, 0) is 18.2 Å². The van der Waals surface area contributed by atoms with Crippen LogP contribution in [0, 0.1) is 0 Å². The maximum absolute atomic E-state index is 10.8. The lowest BCUT2D eigenvalue weighted by atomic mass is 10.2. The van der Waals surface area contributed by atoms with Crippen LogP contribution in [-0.2, 0) is 9.53 Å². The molecule has 2 rings (SSSR count). The lowest BCUT2D eigenvalue weighted by Crippen LogP contribution is -2.46. The van der Waals surface area contributed by atoms with Gasteiger partial charge in [-0.2, -0.15) is 0 Å².